The van der Waals surface area contributed by atoms with E-state index in [9.17, 15) is 0 Å². The number of allylic oxidation sites excluding steroid dienone is 5. The van der Waals surface area contributed by atoms with Crippen molar-refractivity contribution >= 4 is 0 Å². The zero-order valence-electron chi connectivity index (χ0n) is 6.72. The standard InChI is InChI=1S/C6H10.C4H6/c1-3-5-6-4-2;1-3-4-2/h3,5-6H,1,4H2,2H3;3-4H,1-2H2. The molecule has 0 saturated carbocycles. The van der Waals surface area contributed by atoms with Gasteiger partial charge in [-0.15, -0.1) is 0 Å². The molecule has 0 spiro atoms. The first-order valence-corrected chi connectivity index (χ1v) is 3.34. The normalized spacial score (nSPS) is 7.70. The second-order valence-corrected chi connectivity index (χ2v) is 1.54. The van der Waals surface area contributed by atoms with E-state index in [0.29, 0.717) is 0 Å². The molecule has 0 amide bonds. The van der Waals surface area contributed by atoms with Crippen molar-refractivity contribution in [3.05, 3.63) is 50.1 Å². The molecule has 10 heavy (non-hydrogen) atoms. The molecule has 0 bridgehead atoms. The predicted molar refractivity (Wildman–Crippen MR) is 50.0 cm³/mol. The molecule has 0 aliphatic rings. The van der Waals surface area contributed by atoms with Gasteiger partial charge in [-0.05, 0) is 6.42 Å². The summed E-state index contributed by atoms with van der Waals surface area (Å²) < 4.78 is 0. The van der Waals surface area contributed by atoms with Crippen molar-refractivity contribution in [1.29, 1.82) is 0 Å². The van der Waals surface area contributed by atoms with Crippen LogP contribution in [0.5, 0.6) is 0 Å². The topological polar surface area (TPSA) is 0 Å². The van der Waals surface area contributed by atoms with Crippen molar-refractivity contribution in [3.63, 3.8) is 0 Å². The summed E-state index contributed by atoms with van der Waals surface area (Å²) in [5.74, 6) is 0. The van der Waals surface area contributed by atoms with E-state index >= 15 is 0 Å². The van der Waals surface area contributed by atoms with Gasteiger partial charge in [0.05, 0.1) is 0 Å². The second kappa shape index (κ2) is 15.7. The summed E-state index contributed by atoms with van der Waals surface area (Å²) in [7, 11) is 0. The van der Waals surface area contributed by atoms with Gasteiger partial charge in [0.1, 0.15) is 0 Å². The number of rotatable bonds is 3. The Bertz CT molecular complexity index is 101. The van der Waals surface area contributed by atoms with Crippen molar-refractivity contribution in [2.75, 3.05) is 0 Å². The first-order chi connectivity index (χ1) is 4.83. The van der Waals surface area contributed by atoms with Gasteiger partial charge in [-0.1, -0.05) is 57.0 Å². The molecule has 0 unspecified atom stereocenters. The van der Waals surface area contributed by atoms with E-state index in [1.165, 1.54) is 0 Å². The molecule has 0 N–H and O–H groups in total. The Hall–Kier alpha value is -1.04. The summed E-state index contributed by atoms with van der Waals surface area (Å²) in [5, 5.41) is 0. The lowest BCUT2D eigenvalue weighted by atomic mass is 10.4. The summed E-state index contributed by atoms with van der Waals surface area (Å²) >= 11 is 0. The zero-order chi connectivity index (χ0) is 8.24. The number of hydrogen-bond acceptors (Lipinski definition) is 0. The van der Waals surface area contributed by atoms with Crippen molar-refractivity contribution in [2.45, 2.75) is 13.3 Å². The van der Waals surface area contributed by atoms with Gasteiger partial charge in [-0.25, -0.2) is 0 Å². The predicted octanol–water partition coefficient (Wildman–Crippen LogP) is 3.50. The summed E-state index contributed by atoms with van der Waals surface area (Å²) in [4.78, 5) is 0. The van der Waals surface area contributed by atoms with Crippen LogP contribution in [0.15, 0.2) is 50.1 Å². The van der Waals surface area contributed by atoms with Gasteiger partial charge in [0, 0.05) is 0 Å². The minimum absolute atomic E-state index is 1.10. The molecule has 0 atom stereocenters. The second-order valence-electron chi connectivity index (χ2n) is 1.54. The van der Waals surface area contributed by atoms with Crippen LogP contribution in [-0.2, 0) is 0 Å². The van der Waals surface area contributed by atoms with Crippen molar-refractivity contribution in [1.82, 2.24) is 0 Å². The molecule has 0 saturated heterocycles. The van der Waals surface area contributed by atoms with E-state index in [1.807, 2.05) is 6.08 Å². The van der Waals surface area contributed by atoms with Crippen LogP contribution in [-0.4, -0.2) is 0 Å². The first-order valence-electron chi connectivity index (χ1n) is 3.34. The summed E-state index contributed by atoms with van der Waals surface area (Å²) in [6.45, 7) is 12.3. The molecular weight excluding hydrogens is 120 g/mol. The average Bonchev–Trinajstić information content (AvgIpc) is 2.01. The van der Waals surface area contributed by atoms with Gasteiger partial charge < -0.3 is 0 Å². The Balaban J connectivity index is 0. The van der Waals surface area contributed by atoms with Crippen LogP contribution in [0.2, 0.25) is 0 Å². The Kier molecular flexibility index (Phi) is 18.4. The Morgan fingerprint density at radius 3 is 1.60 bits per heavy atom. The molecule has 0 fully saturated rings. The van der Waals surface area contributed by atoms with Gasteiger partial charge in [0.25, 0.3) is 0 Å². The monoisotopic (exact) mass is 136 g/mol. The van der Waals surface area contributed by atoms with Gasteiger partial charge in [-0.2, -0.15) is 0 Å². The SMILES string of the molecule is C=CC=C.C=CC=CCC. The Morgan fingerprint density at radius 1 is 1.00 bits per heavy atom. The maximum atomic E-state index is 3.51. The smallest absolute Gasteiger partial charge is 0.0376 e. The third-order valence-electron chi connectivity index (χ3n) is 0.675. The maximum absolute atomic E-state index is 3.51. The molecule has 0 aromatic carbocycles. The molecule has 0 aromatic heterocycles. The quantitative estimate of drug-likeness (QED) is 0.521. The fourth-order valence-electron chi connectivity index (χ4n) is 0.232. The van der Waals surface area contributed by atoms with Crippen LogP contribution in [0, 0.1) is 0 Å². The molecule has 0 radical (unpaired) electrons. The summed E-state index contributed by atoms with van der Waals surface area (Å²) in [5.41, 5.74) is 0. The average molecular weight is 136 g/mol. The van der Waals surface area contributed by atoms with Crippen LogP contribution in [0.4, 0.5) is 0 Å². The number of hydrogen-bond donors (Lipinski definition) is 0. The summed E-state index contributed by atoms with van der Waals surface area (Å²) in [6.07, 6.45) is 10.2. The zero-order valence-corrected chi connectivity index (χ0v) is 6.72. The molecule has 0 aliphatic carbocycles. The minimum atomic E-state index is 1.10. The largest absolute Gasteiger partial charge is 0.0991 e. The minimum Gasteiger partial charge on any atom is -0.0991 e. The molecule has 0 rings (SSSR count). The fraction of sp³-hybridized carbons (Fsp3) is 0.200. The van der Waals surface area contributed by atoms with Crippen LogP contribution >= 0.6 is 0 Å². The molecule has 0 aliphatic heterocycles. The highest BCUT2D eigenvalue weighted by Gasteiger charge is 1.55. The Labute approximate surface area is 64.3 Å². The van der Waals surface area contributed by atoms with Gasteiger partial charge in [0.15, 0.2) is 0 Å². The lowest BCUT2D eigenvalue weighted by molar-refractivity contribution is 1.22. The molecule has 0 heterocycles. The molecule has 0 nitrogen and oxygen atoms in total. The lowest BCUT2D eigenvalue weighted by Crippen LogP contribution is -1.46. The van der Waals surface area contributed by atoms with Crippen LogP contribution in [0.3, 0.4) is 0 Å². The van der Waals surface area contributed by atoms with E-state index in [2.05, 4.69) is 32.7 Å². The highest BCUT2D eigenvalue weighted by molar-refractivity contribution is 4.96. The van der Waals surface area contributed by atoms with Crippen molar-refractivity contribution in [2.24, 2.45) is 0 Å². The lowest BCUT2D eigenvalue weighted by Gasteiger charge is -1.67. The third-order valence-corrected chi connectivity index (χ3v) is 0.675. The van der Waals surface area contributed by atoms with E-state index in [-0.39, 0.29) is 0 Å². The Morgan fingerprint density at radius 2 is 1.50 bits per heavy atom. The molecule has 56 valence electrons. The van der Waals surface area contributed by atoms with E-state index in [1.54, 1.807) is 18.2 Å². The van der Waals surface area contributed by atoms with Gasteiger partial charge in [-0.3, -0.25) is 0 Å². The van der Waals surface area contributed by atoms with Crippen LogP contribution in [0.25, 0.3) is 0 Å². The van der Waals surface area contributed by atoms with Crippen molar-refractivity contribution < 1.29 is 0 Å². The highest BCUT2D eigenvalue weighted by atomic mass is 13.6. The van der Waals surface area contributed by atoms with Crippen LogP contribution in [0.1, 0.15) is 13.3 Å². The molecule has 0 aromatic rings. The maximum Gasteiger partial charge on any atom is -0.0376 e. The third kappa shape index (κ3) is 28.2. The van der Waals surface area contributed by atoms with Crippen molar-refractivity contribution in [3.8, 4) is 0 Å². The fourth-order valence-corrected chi connectivity index (χ4v) is 0.232. The van der Waals surface area contributed by atoms with E-state index in [0.717, 1.165) is 6.42 Å². The first kappa shape index (κ1) is 11.7. The van der Waals surface area contributed by atoms with E-state index in [4.69, 9.17) is 0 Å². The molecular formula is C10H16. The molecule has 0 heteroatoms. The highest BCUT2D eigenvalue weighted by Crippen LogP contribution is 1.76. The van der Waals surface area contributed by atoms with Gasteiger partial charge >= 0.3 is 0 Å². The van der Waals surface area contributed by atoms with Crippen LogP contribution < -0.4 is 0 Å². The van der Waals surface area contributed by atoms with E-state index < -0.39 is 0 Å². The van der Waals surface area contributed by atoms with Gasteiger partial charge in [0.2, 0.25) is 0 Å². The summed E-state index contributed by atoms with van der Waals surface area (Å²) in [6, 6.07) is 0.